The second-order valence-electron chi connectivity index (χ2n) is 5.59. The molecule has 2 amide bonds. The van der Waals surface area contributed by atoms with Gasteiger partial charge in [0, 0.05) is 4.47 Å². The third-order valence-electron chi connectivity index (χ3n) is 3.58. The molecular weight excluding hydrogens is 594 g/mol. The number of fused-ring (bicyclic) bond motifs is 1. The monoisotopic (exact) mass is 603 g/mol. The van der Waals surface area contributed by atoms with Gasteiger partial charge in [0.15, 0.2) is 22.1 Å². The van der Waals surface area contributed by atoms with E-state index < -0.39 is 11.8 Å². The van der Waals surface area contributed by atoms with Crippen molar-refractivity contribution in [2.75, 3.05) is 6.61 Å². The van der Waals surface area contributed by atoms with Gasteiger partial charge in [-0.05, 0) is 85.2 Å². The Kier molecular flexibility index (Phi) is 7.28. The Balaban J connectivity index is 1.49. The average molecular weight is 606 g/mol. The van der Waals surface area contributed by atoms with Crippen molar-refractivity contribution in [1.29, 1.82) is 0 Å². The Morgan fingerprint density at radius 3 is 2.55 bits per heavy atom. The van der Waals surface area contributed by atoms with Crippen LogP contribution < -0.4 is 20.9 Å². The Morgan fingerprint density at radius 1 is 1.03 bits per heavy atom. The quantitative estimate of drug-likeness (QED) is 0.301. The Labute approximate surface area is 195 Å². The number of hydrogen-bond donors (Lipinski definition) is 3. The number of hydrogen-bond acceptors (Lipinski definition) is 5. The maximum Gasteiger partial charge on any atom is 0.293 e. The molecular formula is C18H12Br3N3O4S. The van der Waals surface area contributed by atoms with Crippen LogP contribution in [0.4, 0.5) is 0 Å². The standard InChI is InChI=1S/C18H12Br3N3O4S/c19-10-2-3-11-9(7-10)1-4-12(16(11)21)27-8-15(25)23-24-18(29)22-17(26)13-5-6-14(20)28-13/h1-7H,8H2,(H,23,25)(H2,22,24,26,29). The Bertz CT molecular complexity index is 1100. The van der Waals surface area contributed by atoms with Crippen LogP contribution in [0.5, 0.6) is 5.75 Å². The lowest BCUT2D eigenvalue weighted by Gasteiger charge is -2.12. The Hall–Kier alpha value is -1.95. The fraction of sp³-hybridized carbons (Fsp3) is 0.0556. The summed E-state index contributed by atoms with van der Waals surface area (Å²) in [6, 6.07) is 12.6. The van der Waals surface area contributed by atoms with Gasteiger partial charge >= 0.3 is 0 Å². The van der Waals surface area contributed by atoms with Crippen molar-refractivity contribution in [3.05, 3.63) is 61.8 Å². The number of amides is 2. The summed E-state index contributed by atoms with van der Waals surface area (Å²) in [5.41, 5.74) is 4.77. The number of furan rings is 1. The zero-order valence-electron chi connectivity index (χ0n) is 14.4. The minimum atomic E-state index is -0.551. The number of benzene rings is 2. The summed E-state index contributed by atoms with van der Waals surface area (Å²) >= 11 is 15.0. The van der Waals surface area contributed by atoms with Crippen LogP contribution in [0.25, 0.3) is 10.8 Å². The maximum absolute atomic E-state index is 12.0. The van der Waals surface area contributed by atoms with Gasteiger partial charge in [0.25, 0.3) is 11.8 Å². The van der Waals surface area contributed by atoms with Crippen molar-refractivity contribution >= 4 is 87.7 Å². The fourth-order valence-corrected chi connectivity index (χ4v) is 3.73. The van der Waals surface area contributed by atoms with Crippen molar-refractivity contribution in [3.63, 3.8) is 0 Å². The molecule has 3 aromatic rings. The molecule has 0 fully saturated rings. The highest BCUT2D eigenvalue weighted by molar-refractivity contribution is 9.11. The normalized spacial score (nSPS) is 10.4. The molecule has 3 rings (SSSR count). The highest BCUT2D eigenvalue weighted by Gasteiger charge is 2.13. The van der Waals surface area contributed by atoms with Gasteiger partial charge in [-0.3, -0.25) is 25.8 Å². The molecule has 0 bridgehead atoms. The number of carbonyl (C=O) groups excluding carboxylic acids is 2. The van der Waals surface area contributed by atoms with Crippen molar-refractivity contribution in [2.45, 2.75) is 0 Å². The first-order chi connectivity index (χ1) is 13.8. The highest BCUT2D eigenvalue weighted by atomic mass is 79.9. The lowest BCUT2D eigenvalue weighted by atomic mass is 10.1. The minimum Gasteiger partial charge on any atom is -0.483 e. The third-order valence-corrected chi connectivity index (χ3v) is 5.52. The first kappa shape index (κ1) is 21.8. The van der Waals surface area contributed by atoms with Gasteiger partial charge < -0.3 is 9.15 Å². The number of halogens is 3. The largest absolute Gasteiger partial charge is 0.483 e. The van der Waals surface area contributed by atoms with Crippen LogP contribution in [-0.2, 0) is 4.79 Å². The van der Waals surface area contributed by atoms with Crippen molar-refractivity contribution in [1.82, 2.24) is 16.2 Å². The van der Waals surface area contributed by atoms with Crippen LogP contribution in [-0.4, -0.2) is 23.5 Å². The first-order valence-electron chi connectivity index (χ1n) is 7.99. The second-order valence-corrected chi connectivity index (χ2v) is 8.49. The summed E-state index contributed by atoms with van der Waals surface area (Å²) < 4.78 is 12.8. The van der Waals surface area contributed by atoms with Gasteiger partial charge in [0.2, 0.25) is 0 Å². The molecule has 0 aliphatic heterocycles. The smallest absolute Gasteiger partial charge is 0.293 e. The number of rotatable bonds is 4. The van der Waals surface area contributed by atoms with Gasteiger partial charge in [0.1, 0.15) is 5.75 Å². The summed E-state index contributed by atoms with van der Waals surface area (Å²) in [5, 5.41) is 4.26. The molecule has 0 aliphatic carbocycles. The molecule has 1 heterocycles. The Morgan fingerprint density at radius 2 is 1.83 bits per heavy atom. The predicted molar refractivity (Wildman–Crippen MR) is 123 cm³/mol. The van der Waals surface area contributed by atoms with Crippen LogP contribution in [0, 0.1) is 0 Å². The van der Waals surface area contributed by atoms with Gasteiger partial charge in [-0.15, -0.1) is 0 Å². The van der Waals surface area contributed by atoms with E-state index in [1.165, 1.54) is 6.07 Å². The summed E-state index contributed by atoms with van der Waals surface area (Å²) in [6.45, 7) is -0.255. The van der Waals surface area contributed by atoms with E-state index in [-0.39, 0.29) is 17.5 Å². The molecule has 0 unspecified atom stereocenters. The van der Waals surface area contributed by atoms with Gasteiger partial charge in [-0.1, -0.05) is 28.1 Å². The van der Waals surface area contributed by atoms with Crippen LogP contribution in [0.1, 0.15) is 10.6 Å². The number of hydrazine groups is 1. The van der Waals surface area contributed by atoms with E-state index in [0.29, 0.717) is 10.4 Å². The number of thiocarbonyl (C=S) groups is 1. The molecule has 0 saturated heterocycles. The number of carbonyl (C=O) groups is 2. The highest BCUT2D eigenvalue weighted by Crippen LogP contribution is 2.34. The van der Waals surface area contributed by atoms with Crippen LogP contribution in [0.3, 0.4) is 0 Å². The molecule has 0 atom stereocenters. The molecule has 3 N–H and O–H groups in total. The number of nitrogens with one attached hydrogen (secondary N) is 3. The van der Waals surface area contributed by atoms with Crippen molar-refractivity contribution in [3.8, 4) is 5.75 Å². The van der Waals surface area contributed by atoms with E-state index in [9.17, 15) is 9.59 Å². The fourth-order valence-electron chi connectivity index (χ4n) is 2.29. The molecule has 0 saturated carbocycles. The van der Waals surface area contributed by atoms with E-state index in [4.69, 9.17) is 21.4 Å². The molecule has 0 radical (unpaired) electrons. The second kappa shape index (κ2) is 9.70. The zero-order valence-corrected chi connectivity index (χ0v) is 20.0. The molecule has 11 heteroatoms. The summed E-state index contributed by atoms with van der Waals surface area (Å²) in [7, 11) is 0. The van der Waals surface area contributed by atoms with Crippen molar-refractivity contribution < 1.29 is 18.7 Å². The molecule has 7 nitrogen and oxygen atoms in total. The zero-order chi connectivity index (χ0) is 21.0. The van der Waals surface area contributed by atoms with Crippen LogP contribution in [0.2, 0.25) is 0 Å². The molecule has 0 aliphatic rings. The molecule has 1 aromatic heterocycles. The first-order valence-corrected chi connectivity index (χ1v) is 10.8. The molecule has 29 heavy (non-hydrogen) atoms. The average Bonchev–Trinajstić information content (AvgIpc) is 3.12. The van der Waals surface area contributed by atoms with Crippen molar-refractivity contribution in [2.24, 2.45) is 0 Å². The lowest BCUT2D eigenvalue weighted by Crippen LogP contribution is -2.49. The van der Waals surface area contributed by atoms with E-state index in [2.05, 4.69) is 64.0 Å². The minimum absolute atomic E-state index is 0.0730. The van der Waals surface area contributed by atoms with E-state index in [1.54, 1.807) is 12.1 Å². The van der Waals surface area contributed by atoms with Crippen LogP contribution >= 0.6 is 60.0 Å². The molecule has 2 aromatic carbocycles. The number of ether oxygens (including phenoxy) is 1. The molecule has 150 valence electrons. The van der Waals surface area contributed by atoms with E-state index in [0.717, 1.165) is 19.7 Å². The third kappa shape index (κ3) is 5.78. The maximum atomic E-state index is 12.0. The van der Waals surface area contributed by atoms with Crippen LogP contribution in [0.15, 0.2) is 60.5 Å². The summed E-state index contributed by atoms with van der Waals surface area (Å²) in [5.74, 6) is -0.436. The summed E-state index contributed by atoms with van der Waals surface area (Å²) in [6.07, 6.45) is 0. The lowest BCUT2D eigenvalue weighted by molar-refractivity contribution is -0.123. The molecule has 0 spiro atoms. The SMILES string of the molecule is O=C(COc1ccc2cc(Br)ccc2c1Br)NNC(=S)NC(=O)c1ccc(Br)o1. The predicted octanol–water partition coefficient (Wildman–Crippen LogP) is 4.43. The van der Waals surface area contributed by atoms with E-state index >= 15 is 0 Å². The van der Waals surface area contributed by atoms with Gasteiger partial charge in [-0.2, -0.15) is 0 Å². The topological polar surface area (TPSA) is 92.6 Å². The van der Waals surface area contributed by atoms with Gasteiger partial charge in [-0.25, -0.2) is 0 Å². The van der Waals surface area contributed by atoms with Gasteiger partial charge in [0.05, 0.1) is 4.47 Å². The summed E-state index contributed by atoms with van der Waals surface area (Å²) in [4.78, 5) is 23.9. The van der Waals surface area contributed by atoms with E-state index in [1.807, 2.05) is 24.3 Å².